The highest BCUT2D eigenvalue weighted by molar-refractivity contribution is 6.30. The number of ether oxygens (including phenoxy) is 2. The fourth-order valence-corrected chi connectivity index (χ4v) is 3.53. The maximum Gasteiger partial charge on any atom is 0.234 e. The van der Waals surface area contributed by atoms with Gasteiger partial charge >= 0.3 is 0 Å². The molecular weight excluding hydrogens is 364 g/mol. The number of methoxy groups -OCH3 is 2. The van der Waals surface area contributed by atoms with Crippen LogP contribution in [0.15, 0.2) is 36.4 Å². The third-order valence-corrected chi connectivity index (χ3v) is 5.16. The SMILES string of the molecule is COc1cc2c(cc1OC)CN(CC(=O)NC(C)c1ccc(Cl)cc1)CC2. The summed E-state index contributed by atoms with van der Waals surface area (Å²) in [4.78, 5) is 14.6. The Labute approximate surface area is 165 Å². The second-order valence-corrected chi connectivity index (χ2v) is 7.21. The van der Waals surface area contributed by atoms with Crippen LogP contribution in [0, 0.1) is 0 Å². The Bertz CT molecular complexity index is 808. The van der Waals surface area contributed by atoms with Gasteiger partial charge in [-0.05, 0) is 54.3 Å². The lowest BCUT2D eigenvalue weighted by atomic mass is 9.98. The van der Waals surface area contributed by atoms with Gasteiger partial charge in [0.2, 0.25) is 5.91 Å². The Kier molecular flexibility index (Phi) is 6.24. The summed E-state index contributed by atoms with van der Waals surface area (Å²) >= 11 is 5.92. The van der Waals surface area contributed by atoms with E-state index in [1.165, 1.54) is 11.1 Å². The van der Waals surface area contributed by atoms with E-state index in [1.807, 2.05) is 43.3 Å². The van der Waals surface area contributed by atoms with Gasteiger partial charge in [-0.2, -0.15) is 0 Å². The number of carbonyl (C=O) groups excluding carboxylic acids is 1. The number of halogens is 1. The van der Waals surface area contributed by atoms with Gasteiger partial charge in [0.25, 0.3) is 0 Å². The van der Waals surface area contributed by atoms with Gasteiger partial charge in [0.1, 0.15) is 0 Å². The van der Waals surface area contributed by atoms with Crippen molar-refractivity contribution in [3.8, 4) is 11.5 Å². The van der Waals surface area contributed by atoms with Gasteiger partial charge in [-0.15, -0.1) is 0 Å². The molecule has 1 aliphatic heterocycles. The van der Waals surface area contributed by atoms with Gasteiger partial charge in [0.15, 0.2) is 11.5 Å². The minimum atomic E-state index is -0.0591. The van der Waals surface area contributed by atoms with E-state index >= 15 is 0 Å². The molecule has 0 fully saturated rings. The molecule has 3 rings (SSSR count). The van der Waals surface area contributed by atoms with Crippen molar-refractivity contribution in [1.82, 2.24) is 10.2 Å². The van der Waals surface area contributed by atoms with Crippen molar-refractivity contribution in [3.05, 3.63) is 58.1 Å². The molecule has 1 unspecified atom stereocenters. The molecule has 144 valence electrons. The first-order chi connectivity index (χ1) is 13.0. The summed E-state index contributed by atoms with van der Waals surface area (Å²) in [7, 11) is 3.28. The number of carbonyl (C=O) groups is 1. The lowest BCUT2D eigenvalue weighted by molar-refractivity contribution is -0.123. The van der Waals surface area contributed by atoms with E-state index in [2.05, 4.69) is 10.2 Å². The summed E-state index contributed by atoms with van der Waals surface area (Å²) in [6.07, 6.45) is 0.885. The van der Waals surface area contributed by atoms with Crippen LogP contribution in [0.1, 0.15) is 29.7 Å². The molecular formula is C21H25ClN2O3. The fraction of sp³-hybridized carbons (Fsp3) is 0.381. The Hall–Kier alpha value is -2.24. The maximum atomic E-state index is 12.5. The van der Waals surface area contributed by atoms with E-state index in [0.717, 1.165) is 36.6 Å². The molecule has 0 bridgehead atoms. The number of benzene rings is 2. The van der Waals surface area contributed by atoms with Gasteiger partial charge in [-0.25, -0.2) is 0 Å². The van der Waals surface area contributed by atoms with Gasteiger partial charge in [-0.1, -0.05) is 23.7 Å². The summed E-state index contributed by atoms with van der Waals surface area (Å²) in [5.41, 5.74) is 3.46. The minimum absolute atomic E-state index is 0.0152. The van der Waals surface area contributed by atoms with Gasteiger partial charge in [-0.3, -0.25) is 9.69 Å². The lowest BCUT2D eigenvalue weighted by Gasteiger charge is -2.29. The molecule has 27 heavy (non-hydrogen) atoms. The predicted octanol–water partition coefficient (Wildman–Crippen LogP) is 3.59. The highest BCUT2D eigenvalue weighted by atomic mass is 35.5. The molecule has 2 aromatic carbocycles. The Morgan fingerprint density at radius 1 is 1.15 bits per heavy atom. The standard InChI is InChI=1S/C21H25ClN2O3/c1-14(15-4-6-18(22)7-5-15)23-21(25)13-24-9-8-16-10-19(26-2)20(27-3)11-17(16)12-24/h4-7,10-11,14H,8-9,12-13H2,1-3H3,(H,23,25). The molecule has 0 spiro atoms. The Morgan fingerprint density at radius 2 is 1.78 bits per heavy atom. The normalized spacial score (nSPS) is 15.0. The summed E-state index contributed by atoms with van der Waals surface area (Å²) in [5.74, 6) is 1.49. The molecule has 0 saturated carbocycles. The zero-order valence-electron chi connectivity index (χ0n) is 15.9. The van der Waals surface area contributed by atoms with Crippen molar-refractivity contribution in [1.29, 1.82) is 0 Å². The monoisotopic (exact) mass is 388 g/mol. The molecule has 5 nitrogen and oxygen atoms in total. The van der Waals surface area contributed by atoms with Crippen LogP contribution in [0.2, 0.25) is 5.02 Å². The number of nitrogens with zero attached hydrogens (tertiary/aromatic N) is 1. The summed E-state index contributed by atoms with van der Waals surface area (Å²) < 4.78 is 10.8. The third-order valence-electron chi connectivity index (χ3n) is 4.91. The van der Waals surface area contributed by atoms with E-state index in [-0.39, 0.29) is 11.9 Å². The largest absolute Gasteiger partial charge is 0.493 e. The van der Waals surface area contributed by atoms with Gasteiger partial charge in [0.05, 0.1) is 26.8 Å². The van der Waals surface area contributed by atoms with Crippen molar-refractivity contribution in [2.45, 2.75) is 25.9 Å². The second-order valence-electron chi connectivity index (χ2n) is 6.78. The first kappa shape index (κ1) is 19.5. The van der Waals surface area contributed by atoms with E-state index in [1.54, 1.807) is 14.2 Å². The second kappa shape index (κ2) is 8.63. The maximum absolute atomic E-state index is 12.5. The quantitative estimate of drug-likeness (QED) is 0.821. The Morgan fingerprint density at radius 3 is 2.41 bits per heavy atom. The smallest absolute Gasteiger partial charge is 0.234 e. The first-order valence-corrected chi connectivity index (χ1v) is 9.39. The molecule has 2 aromatic rings. The molecule has 1 aliphatic rings. The van der Waals surface area contributed by atoms with Crippen LogP contribution < -0.4 is 14.8 Å². The molecule has 1 atom stereocenters. The van der Waals surface area contributed by atoms with Crippen molar-refractivity contribution in [2.75, 3.05) is 27.3 Å². The van der Waals surface area contributed by atoms with Gasteiger partial charge < -0.3 is 14.8 Å². The topological polar surface area (TPSA) is 50.8 Å². The number of rotatable bonds is 6. The van der Waals surface area contributed by atoms with E-state index in [9.17, 15) is 4.79 Å². The van der Waals surface area contributed by atoms with E-state index in [0.29, 0.717) is 11.6 Å². The number of hydrogen-bond donors (Lipinski definition) is 1. The summed E-state index contributed by atoms with van der Waals surface area (Å²) in [6, 6.07) is 11.5. The van der Waals surface area contributed by atoms with Crippen LogP contribution in [0.5, 0.6) is 11.5 Å². The molecule has 1 N–H and O–H groups in total. The predicted molar refractivity (Wildman–Crippen MR) is 107 cm³/mol. The highest BCUT2D eigenvalue weighted by Crippen LogP contribution is 2.33. The average molecular weight is 389 g/mol. The fourth-order valence-electron chi connectivity index (χ4n) is 3.40. The van der Waals surface area contributed by atoms with Crippen molar-refractivity contribution in [2.24, 2.45) is 0 Å². The van der Waals surface area contributed by atoms with Crippen LogP contribution in [-0.4, -0.2) is 38.1 Å². The number of hydrogen-bond acceptors (Lipinski definition) is 4. The number of fused-ring (bicyclic) bond motifs is 1. The van der Waals surface area contributed by atoms with Crippen molar-refractivity contribution in [3.63, 3.8) is 0 Å². The minimum Gasteiger partial charge on any atom is -0.493 e. The number of amides is 1. The van der Waals surface area contributed by atoms with E-state index < -0.39 is 0 Å². The van der Waals surface area contributed by atoms with Crippen LogP contribution >= 0.6 is 11.6 Å². The summed E-state index contributed by atoms with van der Waals surface area (Å²) in [5, 5.41) is 3.75. The Balaban J connectivity index is 1.60. The zero-order chi connectivity index (χ0) is 19.4. The first-order valence-electron chi connectivity index (χ1n) is 9.01. The van der Waals surface area contributed by atoms with Crippen LogP contribution in [0.25, 0.3) is 0 Å². The summed E-state index contributed by atoms with van der Waals surface area (Å²) in [6.45, 7) is 3.90. The van der Waals surface area contributed by atoms with Crippen LogP contribution in [0.4, 0.5) is 0 Å². The van der Waals surface area contributed by atoms with Crippen LogP contribution in [0.3, 0.4) is 0 Å². The molecule has 1 amide bonds. The molecule has 0 radical (unpaired) electrons. The third kappa shape index (κ3) is 4.73. The van der Waals surface area contributed by atoms with Crippen molar-refractivity contribution >= 4 is 17.5 Å². The molecule has 1 heterocycles. The lowest BCUT2D eigenvalue weighted by Crippen LogP contribution is -2.40. The van der Waals surface area contributed by atoms with Gasteiger partial charge in [0, 0.05) is 18.1 Å². The zero-order valence-corrected chi connectivity index (χ0v) is 16.7. The molecule has 0 aromatic heterocycles. The van der Waals surface area contributed by atoms with Crippen molar-refractivity contribution < 1.29 is 14.3 Å². The van der Waals surface area contributed by atoms with E-state index in [4.69, 9.17) is 21.1 Å². The highest BCUT2D eigenvalue weighted by Gasteiger charge is 2.21. The van der Waals surface area contributed by atoms with Crippen LogP contribution in [-0.2, 0) is 17.8 Å². The molecule has 6 heteroatoms. The molecule has 0 saturated heterocycles. The number of nitrogens with one attached hydrogen (secondary N) is 1. The average Bonchev–Trinajstić information content (AvgIpc) is 2.67. The molecule has 0 aliphatic carbocycles.